The molecule has 1 aliphatic rings. The van der Waals surface area contributed by atoms with Crippen molar-refractivity contribution in [1.82, 2.24) is 19.7 Å². The van der Waals surface area contributed by atoms with Crippen LogP contribution in [0.15, 0.2) is 41.3 Å². The number of nitrogens with zero attached hydrogens (tertiary/aromatic N) is 3. The number of aliphatic hydroxyl groups is 2. The van der Waals surface area contributed by atoms with Crippen LogP contribution in [0.4, 0.5) is 0 Å². The molecule has 19 heteroatoms. The molecule has 5 N–H and O–H groups in total. The normalized spacial score (nSPS) is 13.7. The molecular weight excluding hydrogens is 801 g/mol. The topological polar surface area (TPSA) is 209 Å². The summed E-state index contributed by atoms with van der Waals surface area (Å²) in [6.45, 7) is 9.99. The number of amides is 2. The predicted octanol–water partition coefficient (Wildman–Crippen LogP) is 4.14. The molecule has 15 nitrogen and oxygen atoms in total. The predicted molar refractivity (Wildman–Crippen MR) is 214 cm³/mol. The average molecular weight is 855 g/mol. The molecule has 55 heavy (non-hydrogen) atoms. The van der Waals surface area contributed by atoms with Crippen molar-refractivity contribution in [1.29, 1.82) is 0 Å². The van der Waals surface area contributed by atoms with Crippen LogP contribution in [0.25, 0.3) is 0 Å². The van der Waals surface area contributed by atoms with Gasteiger partial charge in [0.1, 0.15) is 12.6 Å². The van der Waals surface area contributed by atoms with Crippen LogP contribution >= 0.6 is 46.8 Å². The van der Waals surface area contributed by atoms with Crippen LogP contribution in [0.1, 0.15) is 69.6 Å². The lowest BCUT2D eigenvalue weighted by molar-refractivity contribution is -0.214. The number of likely N-dealkylation sites (N-methyl/N-ethyl adjacent to an activating group) is 1. The molecule has 2 aromatic rings. The molecule has 1 aliphatic heterocycles. The van der Waals surface area contributed by atoms with E-state index in [1.807, 2.05) is 6.07 Å². The summed E-state index contributed by atoms with van der Waals surface area (Å²) in [7, 11) is 4.26. The number of carbonyl (C=O) groups is 6. The van der Waals surface area contributed by atoms with Gasteiger partial charge in [0, 0.05) is 87.3 Å². The third kappa shape index (κ3) is 21.0. The van der Waals surface area contributed by atoms with E-state index >= 15 is 0 Å². The molecule has 3 rings (SSSR count). The lowest BCUT2D eigenvalue weighted by Gasteiger charge is -2.33. The Morgan fingerprint density at radius 2 is 1.58 bits per heavy atom. The third-order valence-electron chi connectivity index (χ3n) is 6.70. The molecule has 0 spiro atoms. The van der Waals surface area contributed by atoms with Crippen LogP contribution < -0.4 is 10.5 Å². The first-order valence-electron chi connectivity index (χ1n) is 16.9. The van der Waals surface area contributed by atoms with E-state index in [9.17, 15) is 34.2 Å². The van der Waals surface area contributed by atoms with Gasteiger partial charge < -0.3 is 40.1 Å². The summed E-state index contributed by atoms with van der Waals surface area (Å²) >= 11 is 19.0. The van der Waals surface area contributed by atoms with Crippen LogP contribution in [0.3, 0.4) is 0 Å². The van der Waals surface area contributed by atoms with Gasteiger partial charge in [-0.1, -0.05) is 55.6 Å². The Morgan fingerprint density at radius 3 is 2.09 bits per heavy atom. The Kier molecular flexibility index (Phi) is 30.2. The zero-order valence-corrected chi connectivity index (χ0v) is 35.5. The molecule has 0 saturated heterocycles. The molecule has 3 unspecified atom stereocenters. The smallest absolute Gasteiger partial charge is 0.364 e. The maximum atomic E-state index is 11.5. The molecule has 310 valence electrons. The lowest BCUT2D eigenvalue weighted by atomic mass is 9.85. The Bertz CT molecular complexity index is 1490. The zero-order valence-electron chi connectivity index (χ0n) is 32.4. The van der Waals surface area contributed by atoms with E-state index in [1.54, 1.807) is 11.9 Å². The summed E-state index contributed by atoms with van der Waals surface area (Å²) in [5, 5.41) is 21.3. The minimum atomic E-state index is -2.34. The van der Waals surface area contributed by atoms with Gasteiger partial charge in [0.05, 0.1) is 0 Å². The van der Waals surface area contributed by atoms with Gasteiger partial charge >= 0.3 is 11.9 Å². The molecule has 1 heterocycles. The van der Waals surface area contributed by atoms with Crippen LogP contribution in [-0.2, 0) is 45.0 Å². The van der Waals surface area contributed by atoms with Gasteiger partial charge in [-0.15, -0.1) is 11.6 Å². The molecule has 3 atom stereocenters. The Morgan fingerprint density at radius 1 is 1.04 bits per heavy atom. The molecule has 0 saturated carbocycles. The summed E-state index contributed by atoms with van der Waals surface area (Å²) in [5.41, 5.74) is 9.23. The summed E-state index contributed by atoms with van der Waals surface area (Å²) in [4.78, 5) is 76.4. The van der Waals surface area contributed by atoms with Crippen molar-refractivity contribution in [3.8, 4) is 0 Å². The van der Waals surface area contributed by atoms with Crippen LogP contribution in [0, 0.1) is 0 Å². The second-order valence-corrected chi connectivity index (χ2v) is 13.1. The maximum absolute atomic E-state index is 11.5. The minimum absolute atomic E-state index is 0.0877. The van der Waals surface area contributed by atoms with E-state index in [-0.39, 0.29) is 18.8 Å². The molecule has 0 fully saturated rings. The molecule has 0 bridgehead atoms. The molecule has 2 aromatic carbocycles. The van der Waals surface area contributed by atoms with Crippen molar-refractivity contribution in [3.05, 3.63) is 63.1 Å². The van der Waals surface area contributed by atoms with Gasteiger partial charge in [-0.05, 0) is 66.9 Å². The number of aliphatic hydroxyl groups excluding tert-OH is 2. The van der Waals surface area contributed by atoms with Crippen molar-refractivity contribution < 1.29 is 48.7 Å². The Balaban J connectivity index is 0. The molecule has 0 radical (unpaired) electrons. The van der Waals surface area contributed by atoms with Crippen molar-refractivity contribution in [2.75, 3.05) is 47.2 Å². The molecule has 0 aromatic heterocycles. The van der Waals surface area contributed by atoms with E-state index in [0.717, 1.165) is 52.0 Å². The van der Waals surface area contributed by atoms with Gasteiger partial charge in [-0.25, -0.2) is 9.59 Å². The second-order valence-electron chi connectivity index (χ2n) is 11.3. The van der Waals surface area contributed by atoms with E-state index in [1.165, 1.54) is 41.3 Å². The number of fused-ring (bicyclic) bond motifs is 1. The van der Waals surface area contributed by atoms with Gasteiger partial charge in [-0.2, -0.15) is 10.1 Å². The van der Waals surface area contributed by atoms with E-state index in [4.69, 9.17) is 33.7 Å². The first-order chi connectivity index (χ1) is 26.0. The van der Waals surface area contributed by atoms with Crippen LogP contribution in [0.5, 0.6) is 0 Å². The average Bonchev–Trinajstić information content (AvgIpc) is 3.15. The summed E-state index contributed by atoms with van der Waals surface area (Å²) in [6, 6.07) is 12.5. The Hall–Kier alpha value is -3.32. The molecular formula is C36H54Cl3N5O10S. The number of halogens is 3. The highest BCUT2D eigenvalue weighted by Crippen LogP contribution is 2.39. The standard InChI is InChI=1S/C18H21Cl2N3S.C12H18N2O9.C3H8.C2H4O.CH3Cl/c1-23-10-16(15-8-13(19)9-18(20)17(15)11-23)12-3-2-4-14(7-12)24-22-6-5-21;1-7(16)13(2)22-11(20)9(18)10(19)12(21)23-14(3)8(17)5-4-6-15;1-3-2;1-2-3;1-2/h2-4,7-9,16,22H,5-6,10-11,21H2,1H3;6,9-10,18-19H,4-5H2,1-3H3;3H2,1-2H3;2H,1H3;1H3. The van der Waals surface area contributed by atoms with Gasteiger partial charge in [0.2, 0.25) is 0 Å². The van der Waals surface area contributed by atoms with Gasteiger partial charge in [0.25, 0.3) is 11.8 Å². The number of hydrogen-bond acceptors (Lipinski definition) is 14. The number of carbonyl (C=O) groups excluding carboxylic acids is 6. The molecule has 0 aliphatic carbocycles. The lowest BCUT2D eigenvalue weighted by Crippen LogP contribution is -2.46. The highest BCUT2D eigenvalue weighted by atomic mass is 35.5. The number of benzene rings is 2. The number of aldehydes is 2. The molecule has 2 amide bonds. The third-order valence-corrected chi connectivity index (χ3v) is 8.09. The second kappa shape index (κ2) is 30.8. The van der Waals surface area contributed by atoms with E-state index < -0.39 is 36.0 Å². The van der Waals surface area contributed by atoms with Gasteiger partial charge in [0.15, 0.2) is 12.2 Å². The van der Waals surface area contributed by atoms with E-state index in [0.29, 0.717) is 28.0 Å². The first-order valence-corrected chi connectivity index (χ1v) is 19.2. The number of hydrogen-bond donors (Lipinski definition) is 4. The number of nitrogens with one attached hydrogen (secondary N) is 1. The zero-order chi connectivity index (χ0) is 42.7. The number of nitrogens with two attached hydrogens (primary N) is 1. The quantitative estimate of drug-likeness (QED) is 0.0824. The number of alkyl halides is 1. The van der Waals surface area contributed by atoms with Crippen molar-refractivity contribution in [2.24, 2.45) is 5.73 Å². The Labute approximate surface area is 342 Å². The van der Waals surface area contributed by atoms with Crippen molar-refractivity contribution in [3.63, 3.8) is 0 Å². The van der Waals surface area contributed by atoms with Crippen molar-refractivity contribution in [2.45, 2.75) is 76.5 Å². The summed E-state index contributed by atoms with van der Waals surface area (Å²) in [5.74, 6) is -4.09. The van der Waals surface area contributed by atoms with E-state index in [2.05, 4.69) is 82.1 Å². The highest BCUT2D eigenvalue weighted by Gasteiger charge is 2.36. The number of rotatable bonds is 11. The maximum Gasteiger partial charge on any atom is 0.364 e. The SMILES string of the molecule is CC(=O)N(C)OC(=O)C(O)C(O)C(=O)ON(C)C(=O)CCC=O.CC=O.CCC.CCl.CN1Cc2c(Cl)cc(Cl)cc2C(c2cccc(SNCCN)c2)C1. The fraction of sp³-hybridized carbons (Fsp3) is 0.500. The van der Waals surface area contributed by atoms with Crippen LogP contribution in [-0.4, -0.2) is 121 Å². The highest BCUT2D eigenvalue weighted by molar-refractivity contribution is 7.97. The largest absolute Gasteiger partial charge is 0.379 e. The fourth-order valence-corrected chi connectivity index (χ4v) is 5.51. The van der Waals surface area contributed by atoms with Gasteiger partial charge in [-0.3, -0.25) is 14.3 Å². The number of hydroxylamine groups is 4. The monoisotopic (exact) mass is 853 g/mol. The summed E-state index contributed by atoms with van der Waals surface area (Å²) in [6.07, 6.45) is -1.02. The van der Waals surface area contributed by atoms with Crippen molar-refractivity contribution >= 4 is 83.1 Å². The minimum Gasteiger partial charge on any atom is -0.379 e. The van der Waals surface area contributed by atoms with Crippen LogP contribution in [0.2, 0.25) is 10.0 Å². The first kappa shape index (κ1) is 53.8. The summed E-state index contributed by atoms with van der Waals surface area (Å²) < 4.78 is 3.27. The fourth-order valence-electron chi connectivity index (χ4n) is 4.21.